The summed E-state index contributed by atoms with van der Waals surface area (Å²) in [6.45, 7) is 0.387. The largest absolute Gasteiger partial charge is 0.384 e. The summed E-state index contributed by atoms with van der Waals surface area (Å²) in [7, 11) is 0. The van der Waals surface area contributed by atoms with Gasteiger partial charge < -0.3 is 10.4 Å². The molecular weight excluding hydrogens is 503 g/mol. The van der Waals surface area contributed by atoms with Crippen molar-refractivity contribution >= 4 is 57.1 Å². The Morgan fingerprint density at radius 1 is 1.10 bits per heavy atom. The third-order valence-corrected chi connectivity index (χ3v) is 5.93. The minimum absolute atomic E-state index is 0.336. The summed E-state index contributed by atoms with van der Waals surface area (Å²) in [5.74, 6) is 0. The average molecular weight is 520 g/mol. The van der Waals surface area contributed by atoms with Gasteiger partial charge in [-0.25, -0.2) is 4.79 Å². The van der Waals surface area contributed by atoms with E-state index in [0.29, 0.717) is 34.3 Å². The van der Waals surface area contributed by atoms with E-state index < -0.39 is 6.10 Å². The van der Waals surface area contributed by atoms with Crippen molar-refractivity contribution in [2.24, 2.45) is 5.10 Å². The second kappa shape index (κ2) is 9.36. The summed E-state index contributed by atoms with van der Waals surface area (Å²) in [4.78, 5) is 16.1. The van der Waals surface area contributed by atoms with Crippen LogP contribution in [-0.4, -0.2) is 28.9 Å². The molecule has 2 amide bonds. The fraction of sp³-hybridized carbons (Fsp3) is 0.136. The van der Waals surface area contributed by atoms with Crippen molar-refractivity contribution in [3.05, 3.63) is 91.6 Å². The number of hydrogen-bond acceptors (Lipinski definition) is 4. The predicted octanol–water partition coefficient (Wildman–Crippen LogP) is 5.34. The van der Waals surface area contributed by atoms with Crippen LogP contribution in [0, 0.1) is 0 Å². The van der Waals surface area contributed by atoms with Gasteiger partial charge in [-0.2, -0.15) is 10.1 Å². The summed E-state index contributed by atoms with van der Waals surface area (Å²) in [5, 5.41) is 19.5. The summed E-state index contributed by atoms with van der Waals surface area (Å²) in [5.41, 5.74) is 3.68. The van der Waals surface area contributed by atoms with Crippen molar-refractivity contribution in [3.63, 3.8) is 0 Å². The van der Waals surface area contributed by atoms with Crippen LogP contribution in [0.25, 0.3) is 0 Å². The second-order valence-electron chi connectivity index (χ2n) is 6.94. The molecule has 1 aliphatic heterocycles. The summed E-state index contributed by atoms with van der Waals surface area (Å²) in [6.07, 6.45) is 4.63. The van der Waals surface area contributed by atoms with Gasteiger partial charge in [-0.3, -0.25) is 4.98 Å². The van der Waals surface area contributed by atoms with E-state index in [0.717, 1.165) is 21.2 Å². The number of pyridine rings is 1. The number of aliphatic hydroxyl groups is 1. The number of halogens is 3. The van der Waals surface area contributed by atoms with E-state index in [1.807, 2.05) is 30.3 Å². The number of urea groups is 1. The Bertz CT molecular complexity index is 1130. The second-order valence-corrected chi connectivity index (χ2v) is 8.67. The zero-order valence-corrected chi connectivity index (χ0v) is 19.2. The van der Waals surface area contributed by atoms with Gasteiger partial charge in [-0.15, -0.1) is 0 Å². The number of nitrogens with zero attached hydrogens (tertiary/aromatic N) is 3. The molecule has 2 N–H and O–H groups in total. The van der Waals surface area contributed by atoms with E-state index in [9.17, 15) is 9.90 Å². The minimum Gasteiger partial charge on any atom is -0.384 e. The lowest BCUT2D eigenvalue weighted by Gasteiger charge is -2.22. The Morgan fingerprint density at radius 2 is 1.81 bits per heavy atom. The van der Waals surface area contributed by atoms with Crippen LogP contribution in [0.1, 0.15) is 28.4 Å². The Balaban J connectivity index is 1.53. The highest BCUT2D eigenvalue weighted by molar-refractivity contribution is 9.10. The van der Waals surface area contributed by atoms with Gasteiger partial charge in [-0.1, -0.05) is 47.5 Å². The Hall–Kier alpha value is -2.45. The maximum absolute atomic E-state index is 12.0. The number of aromatic nitrogens is 1. The molecule has 9 heteroatoms. The Morgan fingerprint density at radius 3 is 2.45 bits per heavy atom. The maximum Gasteiger partial charge on any atom is 0.342 e. The van der Waals surface area contributed by atoms with E-state index in [-0.39, 0.29) is 6.03 Å². The monoisotopic (exact) mass is 518 g/mol. The van der Waals surface area contributed by atoms with Crippen molar-refractivity contribution in [2.75, 3.05) is 11.6 Å². The van der Waals surface area contributed by atoms with Crippen LogP contribution in [0.3, 0.4) is 0 Å². The number of hydrogen-bond donors (Lipinski definition) is 2. The molecule has 1 atom stereocenters. The van der Waals surface area contributed by atoms with Gasteiger partial charge in [0.05, 0.1) is 12.2 Å². The van der Waals surface area contributed by atoms with Gasteiger partial charge in [0.15, 0.2) is 0 Å². The van der Waals surface area contributed by atoms with Crippen LogP contribution >= 0.6 is 39.1 Å². The van der Waals surface area contributed by atoms with E-state index in [1.54, 1.807) is 30.7 Å². The number of aliphatic hydroxyl groups excluding tert-OH is 1. The molecule has 31 heavy (non-hydrogen) atoms. The number of nitrogens with one attached hydrogen (secondary N) is 1. The molecule has 2 aromatic carbocycles. The van der Waals surface area contributed by atoms with E-state index in [4.69, 9.17) is 23.2 Å². The number of carbonyl (C=O) groups excluding carboxylic acids is 1. The SMILES string of the molecule is O=C1NCC=NN1c1cc(Cl)c(Cc2ccc(C(O)c3cncc(Br)c3)cc2)c(Cl)c1. The van der Waals surface area contributed by atoms with Crippen molar-refractivity contribution in [2.45, 2.75) is 12.5 Å². The van der Waals surface area contributed by atoms with Crippen molar-refractivity contribution in [1.29, 1.82) is 0 Å². The zero-order valence-electron chi connectivity index (χ0n) is 16.1. The minimum atomic E-state index is -0.776. The van der Waals surface area contributed by atoms with Crippen molar-refractivity contribution in [3.8, 4) is 0 Å². The van der Waals surface area contributed by atoms with Crippen molar-refractivity contribution < 1.29 is 9.90 Å². The number of benzene rings is 2. The third kappa shape index (κ3) is 4.91. The normalized spacial score (nSPS) is 14.5. The summed E-state index contributed by atoms with van der Waals surface area (Å²) >= 11 is 16.3. The number of anilines is 1. The highest BCUT2D eigenvalue weighted by Gasteiger charge is 2.20. The number of rotatable bonds is 5. The van der Waals surface area contributed by atoms with Crippen molar-refractivity contribution in [1.82, 2.24) is 10.3 Å². The highest BCUT2D eigenvalue weighted by Crippen LogP contribution is 2.33. The predicted molar refractivity (Wildman–Crippen MR) is 126 cm³/mol. The number of hydrazone groups is 1. The third-order valence-electron chi connectivity index (χ3n) is 4.82. The van der Waals surface area contributed by atoms with Crippen LogP contribution in [0.15, 0.2) is 64.4 Å². The van der Waals surface area contributed by atoms with Crippen LogP contribution < -0.4 is 10.3 Å². The Kier molecular flexibility index (Phi) is 6.57. The first-order chi connectivity index (χ1) is 14.9. The van der Waals surface area contributed by atoms with Crippen LogP contribution in [-0.2, 0) is 6.42 Å². The topological polar surface area (TPSA) is 77.8 Å². The molecule has 0 aliphatic carbocycles. The molecule has 4 rings (SSSR count). The average Bonchev–Trinajstić information content (AvgIpc) is 2.76. The molecule has 158 valence electrons. The highest BCUT2D eigenvalue weighted by atomic mass is 79.9. The first kappa shape index (κ1) is 21.8. The lowest BCUT2D eigenvalue weighted by Crippen LogP contribution is -2.41. The van der Waals surface area contributed by atoms with Gasteiger partial charge in [0.25, 0.3) is 0 Å². The smallest absolute Gasteiger partial charge is 0.342 e. The number of amides is 2. The fourth-order valence-corrected chi connectivity index (χ4v) is 4.23. The molecule has 0 saturated heterocycles. The van der Waals surface area contributed by atoms with E-state index >= 15 is 0 Å². The maximum atomic E-state index is 12.0. The molecular formula is C22H17BrCl2N4O2. The van der Waals surface area contributed by atoms with E-state index in [2.05, 4.69) is 31.3 Å². The quantitative estimate of drug-likeness (QED) is 0.477. The van der Waals surface area contributed by atoms with Gasteiger partial charge >= 0.3 is 6.03 Å². The first-order valence-electron chi connectivity index (χ1n) is 9.38. The lowest BCUT2D eigenvalue weighted by molar-refractivity contribution is 0.220. The van der Waals surface area contributed by atoms with Crippen LogP contribution in [0.4, 0.5) is 10.5 Å². The molecule has 1 aromatic heterocycles. The standard InChI is InChI=1S/C22H17BrCl2N4O2/c23-16-8-15(11-26-12-16)21(30)14-3-1-13(2-4-14)7-18-19(24)9-17(10-20(18)25)29-22(31)27-5-6-28-29/h1-4,6,8-12,21,30H,5,7H2,(H,27,31). The molecule has 1 unspecified atom stereocenters. The molecule has 6 nitrogen and oxygen atoms in total. The van der Waals surface area contributed by atoms with Gasteiger partial charge in [0, 0.05) is 45.1 Å². The van der Waals surface area contributed by atoms with Gasteiger partial charge in [0.1, 0.15) is 6.10 Å². The number of carbonyl (C=O) groups is 1. The first-order valence-corrected chi connectivity index (χ1v) is 10.9. The summed E-state index contributed by atoms with van der Waals surface area (Å²) < 4.78 is 0.807. The van der Waals surface area contributed by atoms with Crippen LogP contribution in [0.2, 0.25) is 10.0 Å². The fourth-order valence-electron chi connectivity index (χ4n) is 3.24. The molecule has 0 fully saturated rings. The van der Waals surface area contributed by atoms with Crippen LogP contribution in [0.5, 0.6) is 0 Å². The molecule has 0 spiro atoms. The Labute approximate surface area is 197 Å². The molecule has 2 heterocycles. The summed E-state index contributed by atoms with van der Waals surface area (Å²) in [6, 6.07) is 12.4. The van der Waals surface area contributed by atoms with Gasteiger partial charge in [0.2, 0.25) is 0 Å². The van der Waals surface area contributed by atoms with E-state index in [1.165, 1.54) is 5.01 Å². The molecule has 0 radical (unpaired) electrons. The molecule has 0 saturated carbocycles. The molecule has 3 aromatic rings. The lowest BCUT2D eigenvalue weighted by atomic mass is 9.99. The van der Waals surface area contributed by atoms with Gasteiger partial charge in [-0.05, 0) is 50.8 Å². The molecule has 1 aliphatic rings. The zero-order chi connectivity index (χ0) is 22.0. The molecule has 0 bridgehead atoms.